The Bertz CT molecular complexity index is 190. The van der Waals surface area contributed by atoms with E-state index in [0.717, 1.165) is 19.0 Å². The molecule has 5 nitrogen and oxygen atoms in total. The zero-order valence-corrected chi connectivity index (χ0v) is 7.18. The molecule has 0 bridgehead atoms. The van der Waals surface area contributed by atoms with Crippen molar-refractivity contribution in [3.63, 3.8) is 0 Å². The van der Waals surface area contributed by atoms with Crippen LogP contribution in [0.15, 0.2) is 4.99 Å². The van der Waals surface area contributed by atoms with Crippen LogP contribution in [0.4, 0.5) is 0 Å². The Morgan fingerprint density at radius 3 is 3.08 bits per heavy atom. The molecule has 0 saturated carbocycles. The van der Waals surface area contributed by atoms with Crippen molar-refractivity contribution in [1.29, 1.82) is 0 Å². The molecule has 1 heterocycles. The first-order chi connectivity index (χ1) is 5.79. The number of nitrogens with zero attached hydrogens (tertiary/aromatic N) is 1. The summed E-state index contributed by atoms with van der Waals surface area (Å²) in [6, 6.07) is 0. The lowest BCUT2D eigenvalue weighted by atomic mass is 10.6. The van der Waals surface area contributed by atoms with E-state index in [-0.39, 0.29) is 5.91 Å². The van der Waals surface area contributed by atoms with Crippen molar-refractivity contribution in [3.8, 4) is 0 Å². The van der Waals surface area contributed by atoms with Gasteiger partial charge in [0.1, 0.15) is 0 Å². The molecule has 1 rings (SSSR count). The minimum atomic E-state index is -0.00174. The number of hydrogen-bond acceptors (Lipinski definition) is 4. The van der Waals surface area contributed by atoms with Crippen LogP contribution >= 0.6 is 0 Å². The van der Waals surface area contributed by atoms with Crippen LogP contribution in [0.25, 0.3) is 0 Å². The SMILES string of the molecule is CC(=O)NCCNC1=NCCN1. The van der Waals surface area contributed by atoms with Crippen molar-refractivity contribution < 1.29 is 4.79 Å². The first kappa shape index (κ1) is 8.83. The summed E-state index contributed by atoms with van der Waals surface area (Å²) in [6.07, 6.45) is 0. The number of amides is 1. The molecule has 1 amide bonds. The Hall–Kier alpha value is -1.26. The van der Waals surface area contributed by atoms with Gasteiger partial charge in [-0.1, -0.05) is 0 Å². The third kappa shape index (κ3) is 3.23. The highest BCUT2D eigenvalue weighted by atomic mass is 16.1. The van der Waals surface area contributed by atoms with Crippen LogP contribution in [-0.4, -0.2) is 38.0 Å². The van der Waals surface area contributed by atoms with Crippen LogP contribution in [0.5, 0.6) is 0 Å². The van der Waals surface area contributed by atoms with Crippen LogP contribution in [0, 0.1) is 0 Å². The zero-order chi connectivity index (χ0) is 8.81. The fourth-order valence-electron chi connectivity index (χ4n) is 0.936. The van der Waals surface area contributed by atoms with E-state index < -0.39 is 0 Å². The minimum Gasteiger partial charge on any atom is -0.355 e. The van der Waals surface area contributed by atoms with Gasteiger partial charge in [0.15, 0.2) is 5.96 Å². The van der Waals surface area contributed by atoms with Crippen molar-refractivity contribution in [2.75, 3.05) is 26.2 Å². The molecule has 3 N–H and O–H groups in total. The molecule has 0 fully saturated rings. The summed E-state index contributed by atoms with van der Waals surface area (Å²) < 4.78 is 0. The van der Waals surface area contributed by atoms with Gasteiger partial charge < -0.3 is 16.0 Å². The molecule has 68 valence electrons. The van der Waals surface area contributed by atoms with Gasteiger partial charge >= 0.3 is 0 Å². The summed E-state index contributed by atoms with van der Waals surface area (Å²) in [4.78, 5) is 14.6. The first-order valence-electron chi connectivity index (χ1n) is 4.05. The molecule has 0 aromatic rings. The van der Waals surface area contributed by atoms with Crippen molar-refractivity contribution in [2.45, 2.75) is 6.92 Å². The van der Waals surface area contributed by atoms with Crippen LogP contribution in [-0.2, 0) is 4.79 Å². The Balaban J connectivity index is 1.98. The summed E-state index contributed by atoms with van der Waals surface area (Å²) in [5, 5.41) is 8.82. The van der Waals surface area contributed by atoms with Crippen molar-refractivity contribution >= 4 is 11.9 Å². The lowest BCUT2D eigenvalue weighted by Gasteiger charge is -2.05. The smallest absolute Gasteiger partial charge is 0.216 e. The Morgan fingerprint density at radius 1 is 1.67 bits per heavy atom. The molecule has 0 aliphatic carbocycles. The summed E-state index contributed by atoms with van der Waals surface area (Å²) in [7, 11) is 0. The topological polar surface area (TPSA) is 65.5 Å². The molecular weight excluding hydrogens is 156 g/mol. The number of carbonyl (C=O) groups excluding carboxylic acids is 1. The van der Waals surface area contributed by atoms with Gasteiger partial charge in [-0.25, -0.2) is 0 Å². The van der Waals surface area contributed by atoms with Gasteiger partial charge in [-0.15, -0.1) is 0 Å². The summed E-state index contributed by atoms with van der Waals surface area (Å²) in [5.41, 5.74) is 0. The minimum absolute atomic E-state index is 0.00174. The van der Waals surface area contributed by atoms with E-state index in [1.165, 1.54) is 6.92 Å². The molecule has 0 spiro atoms. The lowest BCUT2D eigenvalue weighted by molar-refractivity contribution is -0.118. The summed E-state index contributed by atoms with van der Waals surface area (Å²) >= 11 is 0. The van der Waals surface area contributed by atoms with Crippen LogP contribution < -0.4 is 16.0 Å². The van der Waals surface area contributed by atoms with Crippen LogP contribution in [0.1, 0.15) is 6.92 Å². The molecule has 0 saturated heterocycles. The predicted molar refractivity (Wildman–Crippen MR) is 47.0 cm³/mol. The maximum Gasteiger partial charge on any atom is 0.216 e. The second-order valence-electron chi connectivity index (χ2n) is 2.57. The fraction of sp³-hybridized carbons (Fsp3) is 0.714. The Morgan fingerprint density at radius 2 is 2.50 bits per heavy atom. The average Bonchev–Trinajstić information content (AvgIpc) is 2.49. The molecule has 5 heteroatoms. The summed E-state index contributed by atoms with van der Waals surface area (Å²) in [5.74, 6) is 0.832. The van der Waals surface area contributed by atoms with E-state index in [9.17, 15) is 4.79 Å². The normalized spacial score (nSPS) is 14.9. The zero-order valence-electron chi connectivity index (χ0n) is 7.18. The van der Waals surface area contributed by atoms with E-state index >= 15 is 0 Å². The Labute approximate surface area is 71.6 Å². The highest BCUT2D eigenvalue weighted by Crippen LogP contribution is 1.79. The second-order valence-corrected chi connectivity index (χ2v) is 2.57. The molecular formula is C7H14N4O. The maximum absolute atomic E-state index is 10.5. The van der Waals surface area contributed by atoms with Crippen molar-refractivity contribution in [2.24, 2.45) is 4.99 Å². The van der Waals surface area contributed by atoms with Gasteiger partial charge in [0.2, 0.25) is 5.91 Å². The van der Waals surface area contributed by atoms with Gasteiger partial charge in [-0.3, -0.25) is 9.79 Å². The van der Waals surface area contributed by atoms with Gasteiger partial charge in [0.05, 0.1) is 6.54 Å². The Kier molecular flexibility index (Phi) is 3.37. The van der Waals surface area contributed by atoms with E-state index in [0.29, 0.717) is 13.1 Å². The van der Waals surface area contributed by atoms with Crippen molar-refractivity contribution in [3.05, 3.63) is 0 Å². The maximum atomic E-state index is 10.5. The fourth-order valence-corrected chi connectivity index (χ4v) is 0.936. The van der Waals surface area contributed by atoms with Crippen molar-refractivity contribution in [1.82, 2.24) is 16.0 Å². The number of carbonyl (C=O) groups is 1. The molecule has 0 aromatic carbocycles. The third-order valence-electron chi connectivity index (χ3n) is 1.47. The number of guanidine groups is 1. The molecule has 0 unspecified atom stereocenters. The third-order valence-corrected chi connectivity index (χ3v) is 1.47. The number of nitrogens with one attached hydrogen (secondary N) is 3. The van der Waals surface area contributed by atoms with E-state index in [2.05, 4.69) is 20.9 Å². The number of hydrogen-bond donors (Lipinski definition) is 3. The first-order valence-corrected chi connectivity index (χ1v) is 4.05. The monoisotopic (exact) mass is 170 g/mol. The van der Waals surface area contributed by atoms with Gasteiger partial charge in [-0.05, 0) is 0 Å². The molecule has 0 radical (unpaired) electrons. The summed E-state index contributed by atoms with van der Waals surface area (Å²) in [6.45, 7) is 4.59. The standard InChI is InChI=1S/C7H14N4O/c1-6(12)8-2-3-9-7-10-4-5-11-7/h2-5H2,1H3,(H,8,12)(H2,9,10,11). The molecule has 0 aromatic heterocycles. The molecule has 1 aliphatic heterocycles. The number of rotatable bonds is 3. The van der Waals surface area contributed by atoms with Gasteiger partial charge in [0.25, 0.3) is 0 Å². The molecule has 1 aliphatic rings. The molecule has 12 heavy (non-hydrogen) atoms. The van der Waals surface area contributed by atoms with Gasteiger partial charge in [-0.2, -0.15) is 0 Å². The van der Waals surface area contributed by atoms with Crippen LogP contribution in [0.3, 0.4) is 0 Å². The van der Waals surface area contributed by atoms with E-state index in [4.69, 9.17) is 0 Å². The average molecular weight is 170 g/mol. The largest absolute Gasteiger partial charge is 0.355 e. The van der Waals surface area contributed by atoms with E-state index in [1.807, 2.05) is 0 Å². The highest BCUT2D eigenvalue weighted by Gasteiger charge is 2.01. The lowest BCUT2D eigenvalue weighted by Crippen LogP contribution is -2.38. The van der Waals surface area contributed by atoms with E-state index in [1.54, 1.807) is 0 Å². The van der Waals surface area contributed by atoms with Crippen LogP contribution in [0.2, 0.25) is 0 Å². The van der Waals surface area contributed by atoms with Gasteiger partial charge in [0, 0.05) is 26.6 Å². The second kappa shape index (κ2) is 4.58. The number of aliphatic imine (C=N–C) groups is 1. The quantitative estimate of drug-likeness (QED) is 0.460. The highest BCUT2D eigenvalue weighted by molar-refractivity contribution is 5.81. The molecule has 0 atom stereocenters. The predicted octanol–water partition coefficient (Wildman–Crippen LogP) is -1.33.